The van der Waals surface area contributed by atoms with Gasteiger partial charge in [-0.1, -0.05) is 0 Å². The number of ether oxygens (including phenoxy) is 3. The molecular formula is C21H20F3NO5. The molecule has 3 rings (SSSR count). The lowest BCUT2D eigenvalue weighted by molar-refractivity contribution is -0.140. The first kappa shape index (κ1) is 21.6. The third-order valence-corrected chi connectivity index (χ3v) is 4.59. The summed E-state index contributed by atoms with van der Waals surface area (Å²) < 4.78 is 54.7. The zero-order chi connectivity index (χ0) is 21.7. The van der Waals surface area contributed by atoms with Gasteiger partial charge in [0, 0.05) is 18.1 Å². The van der Waals surface area contributed by atoms with Crippen molar-refractivity contribution in [2.75, 3.05) is 13.6 Å². The van der Waals surface area contributed by atoms with Crippen molar-refractivity contribution in [2.45, 2.75) is 25.1 Å². The molecule has 0 aromatic heterocycles. The second kappa shape index (κ2) is 9.17. The first-order valence-corrected chi connectivity index (χ1v) is 9.29. The number of alkyl halides is 3. The summed E-state index contributed by atoms with van der Waals surface area (Å²) >= 11 is 0. The smallest absolute Gasteiger partial charge is 0.416 e. The number of allylic oxidation sites excluding steroid dienone is 1. The maximum atomic E-state index is 12.8. The third kappa shape index (κ3) is 5.50. The van der Waals surface area contributed by atoms with Gasteiger partial charge >= 0.3 is 18.1 Å². The van der Waals surface area contributed by atoms with E-state index in [0.29, 0.717) is 25.1 Å². The van der Waals surface area contributed by atoms with Crippen LogP contribution in [0.15, 0.2) is 60.1 Å². The first-order chi connectivity index (χ1) is 14.3. The number of carbonyl (C=O) groups is 2. The van der Waals surface area contributed by atoms with Crippen LogP contribution >= 0.6 is 0 Å². The van der Waals surface area contributed by atoms with Gasteiger partial charge in [0.25, 0.3) is 0 Å². The predicted molar refractivity (Wildman–Crippen MR) is 100 cm³/mol. The molecule has 160 valence electrons. The van der Waals surface area contributed by atoms with E-state index in [-0.39, 0.29) is 17.4 Å². The van der Waals surface area contributed by atoms with E-state index >= 15 is 0 Å². The summed E-state index contributed by atoms with van der Waals surface area (Å²) in [7, 11) is 1.77. The van der Waals surface area contributed by atoms with E-state index in [2.05, 4.69) is 5.32 Å². The van der Waals surface area contributed by atoms with Crippen molar-refractivity contribution < 1.29 is 37.0 Å². The van der Waals surface area contributed by atoms with Crippen LogP contribution in [0.1, 0.15) is 18.4 Å². The highest BCUT2D eigenvalue weighted by Crippen LogP contribution is 2.33. The van der Waals surface area contributed by atoms with Gasteiger partial charge in [-0.05, 0) is 62.9 Å². The Balaban J connectivity index is 1.79. The molecule has 30 heavy (non-hydrogen) atoms. The van der Waals surface area contributed by atoms with Gasteiger partial charge in [-0.3, -0.25) is 0 Å². The number of rotatable bonds is 6. The van der Waals surface area contributed by atoms with Crippen LogP contribution < -0.4 is 10.1 Å². The molecule has 6 nitrogen and oxygen atoms in total. The van der Waals surface area contributed by atoms with Crippen LogP contribution in [-0.4, -0.2) is 31.6 Å². The fourth-order valence-electron chi connectivity index (χ4n) is 3.09. The average molecular weight is 423 g/mol. The maximum absolute atomic E-state index is 12.8. The van der Waals surface area contributed by atoms with E-state index in [1.165, 1.54) is 12.1 Å². The number of fused-ring (bicyclic) bond motifs is 1. The molecule has 2 unspecified atom stereocenters. The minimum absolute atomic E-state index is 0.111. The van der Waals surface area contributed by atoms with Gasteiger partial charge in [0.05, 0.1) is 5.56 Å². The van der Waals surface area contributed by atoms with E-state index in [4.69, 9.17) is 14.2 Å². The summed E-state index contributed by atoms with van der Waals surface area (Å²) in [5, 5.41) is 3.01. The molecule has 2 aliphatic rings. The molecule has 0 amide bonds. The van der Waals surface area contributed by atoms with Crippen LogP contribution in [0.2, 0.25) is 0 Å². The summed E-state index contributed by atoms with van der Waals surface area (Å²) in [6.07, 6.45) is 1.36. The standard InChI is InChI=1S/C21H20F3NO5/c1-25-11-10-16(28-15-5-3-14(4-6-15)21(22,23)24)13-2-7-17-18(12-13)30-20(27)9-8-19(26)29-17/h3-9,12-13,16,25H,2,10-11H2,1H3/b9-8-. The zero-order valence-corrected chi connectivity index (χ0v) is 16.1. The van der Waals surface area contributed by atoms with E-state index in [9.17, 15) is 22.8 Å². The summed E-state index contributed by atoms with van der Waals surface area (Å²) in [5.74, 6) is -1.10. The molecule has 0 bridgehead atoms. The van der Waals surface area contributed by atoms with Gasteiger partial charge in [-0.15, -0.1) is 0 Å². The molecular weight excluding hydrogens is 403 g/mol. The molecule has 0 radical (unpaired) electrons. The molecule has 1 heterocycles. The SMILES string of the molecule is CNCCC(Oc1ccc(C(F)(F)F)cc1)C1C=C2OC(=O)/C=C\C(=O)OC2=CC1. The van der Waals surface area contributed by atoms with E-state index < -0.39 is 29.8 Å². The lowest BCUT2D eigenvalue weighted by atomic mass is 9.91. The van der Waals surface area contributed by atoms with Crippen LogP contribution in [0, 0.1) is 5.92 Å². The van der Waals surface area contributed by atoms with Gasteiger partial charge in [-0.25, -0.2) is 9.59 Å². The third-order valence-electron chi connectivity index (χ3n) is 4.59. The maximum Gasteiger partial charge on any atom is 0.416 e. The van der Waals surface area contributed by atoms with Crippen molar-refractivity contribution in [2.24, 2.45) is 5.92 Å². The molecule has 9 heteroatoms. The lowest BCUT2D eigenvalue weighted by Gasteiger charge is -2.29. The Kier molecular flexibility index (Phi) is 6.61. The van der Waals surface area contributed by atoms with Gasteiger partial charge in [0.2, 0.25) is 0 Å². The first-order valence-electron chi connectivity index (χ1n) is 9.29. The molecule has 0 saturated carbocycles. The average Bonchev–Trinajstić information content (AvgIpc) is 2.69. The van der Waals surface area contributed by atoms with Crippen LogP contribution in [0.5, 0.6) is 5.75 Å². The normalized spacial score (nSPS) is 21.1. The van der Waals surface area contributed by atoms with E-state index in [0.717, 1.165) is 24.3 Å². The van der Waals surface area contributed by atoms with Gasteiger partial charge in [-0.2, -0.15) is 13.2 Å². The van der Waals surface area contributed by atoms with Gasteiger partial charge in [0.15, 0.2) is 11.5 Å². The van der Waals surface area contributed by atoms with Crippen molar-refractivity contribution >= 4 is 11.9 Å². The van der Waals surface area contributed by atoms with Crippen LogP contribution in [0.4, 0.5) is 13.2 Å². The number of carbonyl (C=O) groups excluding carboxylic acids is 2. The zero-order valence-electron chi connectivity index (χ0n) is 16.1. The lowest BCUT2D eigenvalue weighted by Crippen LogP contribution is -2.31. The van der Waals surface area contributed by atoms with Gasteiger partial charge < -0.3 is 19.5 Å². The molecule has 1 aromatic rings. The van der Waals surface area contributed by atoms with Crippen molar-refractivity contribution in [1.29, 1.82) is 0 Å². The number of nitrogens with one attached hydrogen (secondary N) is 1. The minimum Gasteiger partial charge on any atom is -0.490 e. The second-order valence-electron chi connectivity index (χ2n) is 6.75. The minimum atomic E-state index is -4.42. The van der Waals surface area contributed by atoms with Crippen molar-refractivity contribution in [3.05, 3.63) is 65.7 Å². The fraction of sp³-hybridized carbons (Fsp3) is 0.333. The summed E-state index contributed by atoms with van der Waals surface area (Å²) in [6, 6.07) is 4.47. The Morgan fingerprint density at radius 3 is 2.33 bits per heavy atom. The summed E-state index contributed by atoms with van der Waals surface area (Å²) in [4.78, 5) is 23.4. The highest BCUT2D eigenvalue weighted by Gasteiger charge is 2.31. The Morgan fingerprint density at radius 1 is 1.10 bits per heavy atom. The van der Waals surface area contributed by atoms with E-state index in [1.807, 2.05) is 0 Å². The molecule has 0 saturated heterocycles. The highest BCUT2D eigenvalue weighted by molar-refractivity contribution is 5.93. The molecule has 1 aromatic carbocycles. The molecule has 1 N–H and O–H groups in total. The molecule has 1 aliphatic heterocycles. The molecule has 0 spiro atoms. The Morgan fingerprint density at radius 2 is 1.73 bits per heavy atom. The highest BCUT2D eigenvalue weighted by atomic mass is 19.4. The van der Waals surface area contributed by atoms with Gasteiger partial charge in [0.1, 0.15) is 11.9 Å². The molecule has 2 atom stereocenters. The van der Waals surface area contributed by atoms with Crippen molar-refractivity contribution in [3.63, 3.8) is 0 Å². The summed E-state index contributed by atoms with van der Waals surface area (Å²) in [5.41, 5.74) is -0.759. The van der Waals surface area contributed by atoms with E-state index in [1.54, 1.807) is 19.2 Å². The topological polar surface area (TPSA) is 73.9 Å². The Labute approximate surface area is 171 Å². The van der Waals surface area contributed by atoms with Crippen LogP contribution in [-0.2, 0) is 25.2 Å². The van der Waals surface area contributed by atoms with Crippen LogP contribution in [0.3, 0.4) is 0 Å². The van der Waals surface area contributed by atoms with Crippen molar-refractivity contribution in [1.82, 2.24) is 5.32 Å². The predicted octanol–water partition coefficient (Wildman–Crippen LogP) is 3.51. The Hall–Kier alpha value is -3.07. The quantitative estimate of drug-likeness (QED) is 0.706. The number of esters is 2. The van der Waals surface area contributed by atoms with Crippen LogP contribution in [0.25, 0.3) is 0 Å². The second-order valence-corrected chi connectivity index (χ2v) is 6.75. The largest absolute Gasteiger partial charge is 0.490 e. The number of hydrogen-bond donors (Lipinski definition) is 1. The summed E-state index contributed by atoms with van der Waals surface area (Å²) in [6.45, 7) is 0.596. The molecule has 1 aliphatic carbocycles. The number of halogens is 3. The van der Waals surface area contributed by atoms with Crippen molar-refractivity contribution in [3.8, 4) is 5.75 Å². The monoisotopic (exact) mass is 423 g/mol. The Bertz CT molecular complexity index is 887. The molecule has 0 fully saturated rings. The number of hydrogen-bond acceptors (Lipinski definition) is 6. The fourth-order valence-corrected chi connectivity index (χ4v) is 3.09. The number of benzene rings is 1.